The van der Waals surface area contributed by atoms with E-state index in [0.717, 1.165) is 23.3 Å². The molecule has 0 fully saturated rings. The number of carbonyl (C=O) groups excluding carboxylic acids is 1. The predicted octanol–water partition coefficient (Wildman–Crippen LogP) is 3.78. The van der Waals surface area contributed by atoms with Crippen LogP contribution in [0, 0.1) is 6.92 Å². The fraction of sp³-hybridized carbons (Fsp3) is 0.211. The number of ether oxygens (including phenoxy) is 3. The van der Waals surface area contributed by atoms with Gasteiger partial charge in [-0.1, -0.05) is 23.8 Å². The smallest absolute Gasteiger partial charge is 0.336 e. The van der Waals surface area contributed by atoms with Gasteiger partial charge in [0.05, 0.1) is 13.2 Å². The molecule has 0 atom stereocenters. The van der Waals surface area contributed by atoms with Crippen LogP contribution in [0.2, 0.25) is 0 Å². The lowest BCUT2D eigenvalue weighted by molar-refractivity contribution is -0.128. The molecule has 0 saturated carbocycles. The van der Waals surface area contributed by atoms with E-state index in [-0.39, 0.29) is 0 Å². The molecule has 0 saturated heterocycles. The van der Waals surface area contributed by atoms with Crippen molar-refractivity contribution in [2.45, 2.75) is 13.3 Å². The van der Waals surface area contributed by atoms with E-state index in [0.29, 0.717) is 24.7 Å². The zero-order valence-corrected chi connectivity index (χ0v) is 13.0. The molecule has 0 aliphatic carbocycles. The number of benzene rings is 2. The van der Waals surface area contributed by atoms with Crippen molar-refractivity contribution in [2.75, 3.05) is 13.2 Å². The first-order chi connectivity index (χ1) is 11.2. The summed E-state index contributed by atoms with van der Waals surface area (Å²) in [4.78, 5) is 11.8. The van der Waals surface area contributed by atoms with Crippen molar-refractivity contribution in [1.82, 2.24) is 0 Å². The standard InChI is InChI=1S/C19H18O4/c1-14-3-7-16(8-4-14)23-19(20)10-6-15-5-9-17-18(13-15)22-12-2-11-21-17/h3-10,13H,2,11-12H2,1H3/b10-6+. The van der Waals surface area contributed by atoms with Gasteiger partial charge < -0.3 is 14.2 Å². The quantitative estimate of drug-likeness (QED) is 0.492. The van der Waals surface area contributed by atoms with Gasteiger partial charge in [-0.05, 0) is 42.8 Å². The molecular formula is C19H18O4. The molecule has 3 rings (SSSR count). The highest BCUT2D eigenvalue weighted by atomic mass is 16.5. The van der Waals surface area contributed by atoms with Crippen LogP contribution in [0.15, 0.2) is 48.5 Å². The van der Waals surface area contributed by atoms with Crippen LogP contribution in [-0.4, -0.2) is 19.2 Å². The molecule has 0 spiro atoms. The maximum Gasteiger partial charge on any atom is 0.336 e. The SMILES string of the molecule is Cc1ccc(OC(=O)/C=C/c2ccc3c(c2)OCCCO3)cc1. The van der Waals surface area contributed by atoms with Crippen molar-refractivity contribution in [3.05, 3.63) is 59.7 Å². The van der Waals surface area contributed by atoms with E-state index >= 15 is 0 Å². The first-order valence-corrected chi connectivity index (χ1v) is 7.57. The lowest BCUT2D eigenvalue weighted by Gasteiger charge is -2.07. The van der Waals surface area contributed by atoms with E-state index in [4.69, 9.17) is 14.2 Å². The Morgan fingerprint density at radius 1 is 1.04 bits per heavy atom. The van der Waals surface area contributed by atoms with Crippen molar-refractivity contribution >= 4 is 12.0 Å². The molecule has 118 valence electrons. The van der Waals surface area contributed by atoms with Crippen LogP contribution >= 0.6 is 0 Å². The third-order valence-electron chi connectivity index (χ3n) is 3.42. The second-order valence-corrected chi connectivity index (χ2v) is 5.32. The average Bonchev–Trinajstić information content (AvgIpc) is 2.80. The van der Waals surface area contributed by atoms with Crippen LogP contribution in [0.25, 0.3) is 6.08 Å². The fourth-order valence-electron chi connectivity index (χ4n) is 2.20. The van der Waals surface area contributed by atoms with E-state index in [1.54, 1.807) is 18.2 Å². The van der Waals surface area contributed by atoms with E-state index < -0.39 is 5.97 Å². The van der Waals surface area contributed by atoms with Gasteiger partial charge in [-0.15, -0.1) is 0 Å². The largest absolute Gasteiger partial charge is 0.490 e. The predicted molar refractivity (Wildman–Crippen MR) is 87.9 cm³/mol. The first-order valence-electron chi connectivity index (χ1n) is 7.57. The van der Waals surface area contributed by atoms with Crippen LogP contribution in [0.3, 0.4) is 0 Å². The molecule has 0 N–H and O–H groups in total. The van der Waals surface area contributed by atoms with Gasteiger partial charge >= 0.3 is 5.97 Å². The van der Waals surface area contributed by atoms with Crippen molar-refractivity contribution < 1.29 is 19.0 Å². The Hall–Kier alpha value is -2.75. The van der Waals surface area contributed by atoms with Gasteiger partial charge in [0.15, 0.2) is 11.5 Å². The molecule has 0 bridgehead atoms. The summed E-state index contributed by atoms with van der Waals surface area (Å²) in [5, 5.41) is 0. The van der Waals surface area contributed by atoms with E-state index in [1.165, 1.54) is 6.08 Å². The number of hydrogen-bond donors (Lipinski definition) is 0. The Morgan fingerprint density at radius 2 is 1.78 bits per heavy atom. The second-order valence-electron chi connectivity index (χ2n) is 5.32. The molecule has 0 unspecified atom stereocenters. The molecule has 0 amide bonds. The Kier molecular flexibility index (Phi) is 4.62. The Balaban J connectivity index is 1.66. The van der Waals surface area contributed by atoms with E-state index in [9.17, 15) is 4.79 Å². The van der Waals surface area contributed by atoms with E-state index in [1.807, 2.05) is 37.3 Å². The lowest BCUT2D eigenvalue weighted by Crippen LogP contribution is -2.03. The molecule has 0 aromatic heterocycles. The van der Waals surface area contributed by atoms with Crippen LogP contribution < -0.4 is 14.2 Å². The van der Waals surface area contributed by atoms with Crippen LogP contribution in [0.4, 0.5) is 0 Å². The maximum atomic E-state index is 11.8. The number of carbonyl (C=O) groups is 1. The molecule has 4 heteroatoms. The molecule has 23 heavy (non-hydrogen) atoms. The number of aryl methyl sites for hydroxylation is 1. The monoisotopic (exact) mass is 310 g/mol. The van der Waals surface area contributed by atoms with Crippen molar-refractivity contribution in [3.8, 4) is 17.2 Å². The van der Waals surface area contributed by atoms with Crippen molar-refractivity contribution in [1.29, 1.82) is 0 Å². The Morgan fingerprint density at radius 3 is 2.57 bits per heavy atom. The number of esters is 1. The highest BCUT2D eigenvalue weighted by Gasteiger charge is 2.10. The summed E-state index contributed by atoms with van der Waals surface area (Å²) < 4.78 is 16.4. The Labute approximate surface area is 135 Å². The molecule has 0 radical (unpaired) electrons. The van der Waals surface area contributed by atoms with E-state index in [2.05, 4.69) is 0 Å². The summed E-state index contributed by atoms with van der Waals surface area (Å²) in [6, 6.07) is 12.9. The highest BCUT2D eigenvalue weighted by Crippen LogP contribution is 2.30. The van der Waals surface area contributed by atoms with Gasteiger partial charge in [-0.3, -0.25) is 0 Å². The molecule has 2 aromatic rings. The molecule has 1 heterocycles. The summed E-state index contributed by atoms with van der Waals surface area (Å²) in [6.45, 7) is 3.27. The zero-order chi connectivity index (χ0) is 16.1. The molecule has 1 aliphatic rings. The average molecular weight is 310 g/mol. The summed E-state index contributed by atoms with van der Waals surface area (Å²) in [7, 11) is 0. The van der Waals surface area contributed by atoms with Crippen LogP contribution in [0.5, 0.6) is 17.2 Å². The zero-order valence-electron chi connectivity index (χ0n) is 13.0. The molecule has 4 nitrogen and oxygen atoms in total. The highest BCUT2D eigenvalue weighted by molar-refractivity contribution is 5.88. The maximum absolute atomic E-state index is 11.8. The van der Waals surface area contributed by atoms with Crippen LogP contribution in [-0.2, 0) is 4.79 Å². The van der Waals surface area contributed by atoms with Gasteiger partial charge in [0.2, 0.25) is 0 Å². The third-order valence-corrected chi connectivity index (χ3v) is 3.42. The molecule has 2 aromatic carbocycles. The minimum Gasteiger partial charge on any atom is -0.490 e. The summed E-state index contributed by atoms with van der Waals surface area (Å²) in [5.74, 6) is 1.56. The van der Waals surface area contributed by atoms with Crippen molar-refractivity contribution in [3.63, 3.8) is 0 Å². The van der Waals surface area contributed by atoms with Crippen molar-refractivity contribution in [2.24, 2.45) is 0 Å². The van der Waals surface area contributed by atoms with Gasteiger partial charge in [-0.25, -0.2) is 4.79 Å². The Bertz CT molecular complexity index is 717. The fourth-order valence-corrected chi connectivity index (χ4v) is 2.20. The molecule has 1 aliphatic heterocycles. The minimum absolute atomic E-state index is 0.416. The minimum atomic E-state index is -0.416. The second kappa shape index (κ2) is 7.01. The summed E-state index contributed by atoms with van der Waals surface area (Å²) >= 11 is 0. The normalized spacial score (nSPS) is 13.6. The van der Waals surface area contributed by atoms with Crippen LogP contribution in [0.1, 0.15) is 17.5 Å². The third kappa shape index (κ3) is 4.13. The van der Waals surface area contributed by atoms with Gasteiger partial charge in [0.1, 0.15) is 5.75 Å². The van der Waals surface area contributed by atoms with Gasteiger partial charge in [0, 0.05) is 12.5 Å². The van der Waals surface area contributed by atoms with Gasteiger partial charge in [-0.2, -0.15) is 0 Å². The summed E-state index contributed by atoms with van der Waals surface area (Å²) in [5.41, 5.74) is 1.97. The number of rotatable bonds is 3. The summed E-state index contributed by atoms with van der Waals surface area (Å²) in [6.07, 6.45) is 3.97. The number of hydrogen-bond acceptors (Lipinski definition) is 4. The van der Waals surface area contributed by atoms with Gasteiger partial charge in [0.25, 0.3) is 0 Å². The topological polar surface area (TPSA) is 44.8 Å². The number of fused-ring (bicyclic) bond motifs is 1. The molecular weight excluding hydrogens is 292 g/mol. The lowest BCUT2D eigenvalue weighted by atomic mass is 10.2. The first kappa shape index (κ1) is 15.2.